The third kappa shape index (κ3) is 3.49. The molecule has 5 rings (SSSR count). The number of hydrogen-bond donors (Lipinski definition) is 0. The monoisotopic (exact) mass is 397 g/mol. The van der Waals surface area contributed by atoms with Gasteiger partial charge in [-0.05, 0) is 36.3 Å². The van der Waals surface area contributed by atoms with Crippen LogP contribution in [0.15, 0.2) is 42.9 Å². The number of halogens is 1. The third-order valence-corrected chi connectivity index (χ3v) is 7.09. The van der Waals surface area contributed by atoms with Crippen molar-refractivity contribution in [2.75, 3.05) is 36.8 Å². The summed E-state index contributed by atoms with van der Waals surface area (Å²) in [5.74, 6) is 2.05. The zero-order valence-corrected chi connectivity index (χ0v) is 16.6. The highest BCUT2D eigenvalue weighted by Gasteiger charge is 2.24. The molecule has 0 saturated carbocycles. The number of benzene rings is 1. The molecule has 0 unspecified atom stereocenters. The molecule has 0 radical (unpaired) electrons. The first-order valence-electron chi connectivity index (χ1n) is 9.93. The number of anilines is 1. The van der Waals surface area contributed by atoms with E-state index in [9.17, 15) is 4.39 Å². The summed E-state index contributed by atoms with van der Waals surface area (Å²) >= 11 is 2.03. The summed E-state index contributed by atoms with van der Waals surface area (Å²) in [6.07, 6.45) is 8.51. The average Bonchev–Trinajstić information content (AvgIpc) is 3.39. The van der Waals surface area contributed by atoms with E-state index in [4.69, 9.17) is 4.98 Å². The molecule has 1 atom stereocenters. The summed E-state index contributed by atoms with van der Waals surface area (Å²) in [4.78, 5) is 14.1. The fraction of sp³-hybridized carbons (Fsp3) is 0.429. The molecule has 0 aliphatic carbocycles. The molecule has 0 spiro atoms. The SMILES string of the molecule is Fc1ccc(CN2CCN(c3nccn4c([C@@H]5CCCS5)cnc34)CC2)cc1. The molecular weight excluding hydrogens is 373 g/mol. The second kappa shape index (κ2) is 7.72. The highest BCUT2D eigenvalue weighted by molar-refractivity contribution is 7.99. The normalized spacial score (nSPS) is 20.9. The van der Waals surface area contributed by atoms with Crippen LogP contribution >= 0.6 is 11.8 Å². The molecule has 3 aromatic rings. The molecule has 2 saturated heterocycles. The summed E-state index contributed by atoms with van der Waals surface area (Å²) in [5.41, 5.74) is 3.43. The minimum atomic E-state index is -0.178. The lowest BCUT2D eigenvalue weighted by Gasteiger charge is -2.35. The second-order valence-corrected chi connectivity index (χ2v) is 8.83. The van der Waals surface area contributed by atoms with Gasteiger partial charge < -0.3 is 4.90 Å². The molecule has 146 valence electrons. The Kier molecular flexibility index (Phi) is 4.94. The number of thioether (sulfide) groups is 1. The van der Waals surface area contributed by atoms with E-state index in [1.807, 2.05) is 42.5 Å². The van der Waals surface area contributed by atoms with Crippen LogP contribution in [0.2, 0.25) is 0 Å². The lowest BCUT2D eigenvalue weighted by molar-refractivity contribution is 0.249. The van der Waals surface area contributed by atoms with E-state index in [-0.39, 0.29) is 5.82 Å². The van der Waals surface area contributed by atoms with E-state index in [2.05, 4.69) is 19.2 Å². The molecule has 4 heterocycles. The zero-order chi connectivity index (χ0) is 18.9. The van der Waals surface area contributed by atoms with Gasteiger partial charge in [-0.2, -0.15) is 11.8 Å². The number of aromatic nitrogens is 3. The van der Waals surface area contributed by atoms with Crippen LogP contribution in [0.3, 0.4) is 0 Å². The number of nitrogens with zero attached hydrogens (tertiary/aromatic N) is 5. The van der Waals surface area contributed by atoms with Crippen LogP contribution in [-0.2, 0) is 6.54 Å². The first-order valence-corrected chi connectivity index (χ1v) is 11.0. The molecular formula is C21H24FN5S. The summed E-state index contributed by atoms with van der Waals surface area (Å²) in [7, 11) is 0. The van der Waals surface area contributed by atoms with E-state index in [0.29, 0.717) is 5.25 Å². The predicted octanol–water partition coefficient (Wildman–Crippen LogP) is 3.76. The van der Waals surface area contributed by atoms with Gasteiger partial charge in [-0.1, -0.05) is 12.1 Å². The summed E-state index contributed by atoms with van der Waals surface area (Å²) in [6.45, 7) is 4.64. The Balaban J connectivity index is 1.29. The number of hydrogen-bond acceptors (Lipinski definition) is 5. The maximum absolute atomic E-state index is 13.1. The zero-order valence-electron chi connectivity index (χ0n) is 15.8. The fourth-order valence-electron chi connectivity index (χ4n) is 4.16. The lowest BCUT2D eigenvalue weighted by atomic mass is 10.2. The topological polar surface area (TPSA) is 36.7 Å². The van der Waals surface area contributed by atoms with Crippen molar-refractivity contribution in [3.8, 4) is 0 Å². The molecule has 0 bridgehead atoms. The molecule has 0 N–H and O–H groups in total. The average molecular weight is 398 g/mol. The Morgan fingerprint density at radius 1 is 1.07 bits per heavy atom. The molecule has 7 heteroatoms. The van der Waals surface area contributed by atoms with Gasteiger partial charge in [-0.25, -0.2) is 14.4 Å². The van der Waals surface area contributed by atoms with Crippen LogP contribution in [0, 0.1) is 5.82 Å². The largest absolute Gasteiger partial charge is 0.351 e. The summed E-state index contributed by atoms with van der Waals surface area (Å²) in [6, 6.07) is 6.82. The Hall–Kier alpha value is -2.12. The van der Waals surface area contributed by atoms with Gasteiger partial charge in [0, 0.05) is 50.4 Å². The van der Waals surface area contributed by atoms with E-state index in [1.54, 1.807) is 0 Å². The summed E-state index contributed by atoms with van der Waals surface area (Å²) in [5, 5.41) is 0.554. The first-order chi connectivity index (χ1) is 13.8. The molecule has 1 aromatic carbocycles. The van der Waals surface area contributed by atoms with Gasteiger partial charge in [-0.15, -0.1) is 0 Å². The molecule has 0 amide bonds. The third-order valence-electron chi connectivity index (χ3n) is 5.69. The number of piperazine rings is 1. The number of imidazole rings is 1. The molecule has 2 aliphatic rings. The Morgan fingerprint density at radius 2 is 1.89 bits per heavy atom. The first kappa shape index (κ1) is 17.9. The van der Waals surface area contributed by atoms with Crippen molar-refractivity contribution in [1.29, 1.82) is 0 Å². The van der Waals surface area contributed by atoms with Crippen molar-refractivity contribution in [2.24, 2.45) is 0 Å². The van der Waals surface area contributed by atoms with E-state index < -0.39 is 0 Å². The Labute approximate surface area is 168 Å². The maximum atomic E-state index is 13.1. The van der Waals surface area contributed by atoms with Crippen molar-refractivity contribution >= 4 is 23.2 Å². The Bertz CT molecular complexity index is 943. The van der Waals surface area contributed by atoms with Gasteiger partial charge in [-0.3, -0.25) is 9.30 Å². The summed E-state index contributed by atoms with van der Waals surface area (Å²) < 4.78 is 15.3. The van der Waals surface area contributed by atoms with Gasteiger partial charge >= 0.3 is 0 Å². The highest BCUT2D eigenvalue weighted by atomic mass is 32.2. The minimum Gasteiger partial charge on any atom is -0.351 e. The Morgan fingerprint density at radius 3 is 2.64 bits per heavy atom. The molecule has 28 heavy (non-hydrogen) atoms. The smallest absolute Gasteiger partial charge is 0.180 e. The minimum absolute atomic E-state index is 0.178. The van der Waals surface area contributed by atoms with Crippen LogP contribution < -0.4 is 4.90 Å². The lowest BCUT2D eigenvalue weighted by Crippen LogP contribution is -2.46. The number of fused-ring (bicyclic) bond motifs is 1. The second-order valence-electron chi connectivity index (χ2n) is 7.52. The number of rotatable bonds is 4. The molecule has 2 fully saturated rings. The molecule has 2 aliphatic heterocycles. The van der Waals surface area contributed by atoms with E-state index in [0.717, 1.165) is 49.8 Å². The van der Waals surface area contributed by atoms with Crippen LogP contribution in [-0.4, -0.2) is 51.2 Å². The van der Waals surface area contributed by atoms with Crippen molar-refractivity contribution in [2.45, 2.75) is 24.6 Å². The van der Waals surface area contributed by atoms with Crippen LogP contribution in [0.1, 0.15) is 29.3 Å². The van der Waals surface area contributed by atoms with Gasteiger partial charge in [0.15, 0.2) is 11.5 Å². The standard InChI is InChI=1S/C21H24FN5S/c22-17-5-3-16(4-6-17)15-25-9-11-26(12-10-25)20-21-24-14-18(19-2-1-13-28-19)27(21)8-7-23-20/h3-8,14,19H,1-2,9-13,15H2/t19-/m0/s1. The van der Waals surface area contributed by atoms with Crippen molar-refractivity contribution in [3.05, 3.63) is 59.9 Å². The van der Waals surface area contributed by atoms with Gasteiger partial charge in [0.2, 0.25) is 0 Å². The van der Waals surface area contributed by atoms with Crippen LogP contribution in [0.4, 0.5) is 10.2 Å². The fourth-order valence-corrected chi connectivity index (χ4v) is 5.46. The van der Waals surface area contributed by atoms with Gasteiger partial charge in [0.05, 0.1) is 11.9 Å². The van der Waals surface area contributed by atoms with Crippen molar-refractivity contribution in [3.63, 3.8) is 0 Å². The quantitative estimate of drug-likeness (QED) is 0.670. The highest BCUT2D eigenvalue weighted by Crippen LogP contribution is 2.40. The van der Waals surface area contributed by atoms with Crippen molar-refractivity contribution in [1.82, 2.24) is 19.3 Å². The van der Waals surface area contributed by atoms with Crippen molar-refractivity contribution < 1.29 is 4.39 Å². The van der Waals surface area contributed by atoms with Gasteiger partial charge in [0.25, 0.3) is 0 Å². The van der Waals surface area contributed by atoms with E-state index in [1.165, 1.54) is 36.4 Å². The molecule has 5 nitrogen and oxygen atoms in total. The molecule has 2 aromatic heterocycles. The predicted molar refractivity (Wildman–Crippen MR) is 111 cm³/mol. The van der Waals surface area contributed by atoms with Crippen LogP contribution in [0.5, 0.6) is 0 Å². The maximum Gasteiger partial charge on any atom is 0.180 e. The van der Waals surface area contributed by atoms with Crippen LogP contribution in [0.25, 0.3) is 5.65 Å². The van der Waals surface area contributed by atoms with E-state index >= 15 is 0 Å². The van der Waals surface area contributed by atoms with Gasteiger partial charge in [0.1, 0.15) is 5.82 Å².